The SMILES string of the molecule is CCC1=C(CCC(C)(C)C)CCC(C(CC)(CC)c2ccc(C=O)o2)=C1. The summed E-state index contributed by atoms with van der Waals surface area (Å²) in [5.74, 6) is 1.38. The Kier molecular flexibility index (Phi) is 6.71. The lowest BCUT2D eigenvalue weighted by molar-refractivity contribution is 0.109. The van der Waals surface area contributed by atoms with Gasteiger partial charge >= 0.3 is 0 Å². The second-order valence-corrected chi connectivity index (χ2v) is 8.82. The van der Waals surface area contributed by atoms with Crippen LogP contribution in [0.1, 0.15) is 103 Å². The van der Waals surface area contributed by atoms with Gasteiger partial charge in [0.25, 0.3) is 0 Å². The van der Waals surface area contributed by atoms with E-state index in [1.807, 2.05) is 6.07 Å². The molecule has 2 nitrogen and oxygen atoms in total. The first-order chi connectivity index (χ1) is 12.3. The molecule has 0 saturated carbocycles. The highest BCUT2D eigenvalue weighted by Crippen LogP contribution is 2.45. The van der Waals surface area contributed by atoms with E-state index >= 15 is 0 Å². The van der Waals surface area contributed by atoms with Gasteiger partial charge in [-0.2, -0.15) is 0 Å². The number of carbonyl (C=O) groups excluding carboxylic acids is 1. The van der Waals surface area contributed by atoms with Crippen molar-refractivity contribution in [1.29, 1.82) is 0 Å². The molecule has 0 radical (unpaired) electrons. The molecule has 1 aliphatic carbocycles. The smallest absolute Gasteiger partial charge is 0.185 e. The first kappa shape index (κ1) is 20.7. The maximum absolute atomic E-state index is 11.1. The molecule has 0 spiro atoms. The van der Waals surface area contributed by atoms with E-state index in [0.29, 0.717) is 11.2 Å². The molecule has 0 unspecified atom stereocenters. The Bertz CT molecular complexity index is 675. The second kappa shape index (κ2) is 8.41. The van der Waals surface area contributed by atoms with Crippen LogP contribution in [0.15, 0.2) is 39.3 Å². The summed E-state index contributed by atoms with van der Waals surface area (Å²) < 4.78 is 5.90. The van der Waals surface area contributed by atoms with Crippen molar-refractivity contribution in [2.75, 3.05) is 0 Å². The Balaban J connectivity index is 2.39. The molecule has 1 aromatic rings. The maximum atomic E-state index is 11.1. The van der Waals surface area contributed by atoms with E-state index in [0.717, 1.165) is 44.2 Å². The zero-order valence-corrected chi connectivity index (χ0v) is 17.6. The molecule has 0 N–H and O–H groups in total. The van der Waals surface area contributed by atoms with Gasteiger partial charge in [0.1, 0.15) is 5.76 Å². The van der Waals surface area contributed by atoms with E-state index in [9.17, 15) is 4.79 Å². The minimum Gasteiger partial charge on any atom is -0.457 e. The third kappa shape index (κ3) is 4.39. The summed E-state index contributed by atoms with van der Waals surface area (Å²) in [6.07, 6.45) is 11.0. The normalized spacial score (nSPS) is 16.0. The first-order valence-corrected chi connectivity index (χ1v) is 10.3. The summed E-state index contributed by atoms with van der Waals surface area (Å²) in [7, 11) is 0. The molecule has 1 aliphatic rings. The van der Waals surface area contributed by atoms with E-state index in [1.54, 1.807) is 11.6 Å². The molecule has 1 heterocycles. The highest BCUT2D eigenvalue weighted by Gasteiger charge is 2.37. The topological polar surface area (TPSA) is 30.2 Å². The van der Waals surface area contributed by atoms with Gasteiger partial charge in [-0.1, -0.05) is 58.8 Å². The van der Waals surface area contributed by atoms with Gasteiger partial charge in [-0.05, 0) is 68.1 Å². The van der Waals surface area contributed by atoms with Crippen LogP contribution in [0.3, 0.4) is 0 Å². The minimum atomic E-state index is -0.0861. The Morgan fingerprint density at radius 2 is 1.77 bits per heavy atom. The van der Waals surface area contributed by atoms with Crippen molar-refractivity contribution in [3.63, 3.8) is 0 Å². The summed E-state index contributed by atoms with van der Waals surface area (Å²) in [6, 6.07) is 3.80. The first-order valence-electron chi connectivity index (χ1n) is 10.3. The van der Waals surface area contributed by atoms with Crippen molar-refractivity contribution in [3.8, 4) is 0 Å². The van der Waals surface area contributed by atoms with E-state index in [-0.39, 0.29) is 5.41 Å². The van der Waals surface area contributed by atoms with E-state index < -0.39 is 0 Å². The van der Waals surface area contributed by atoms with Crippen molar-refractivity contribution in [2.45, 2.75) is 91.9 Å². The molecule has 2 rings (SSSR count). The Morgan fingerprint density at radius 1 is 1.08 bits per heavy atom. The predicted octanol–water partition coefficient (Wildman–Crippen LogP) is 7.40. The maximum Gasteiger partial charge on any atom is 0.185 e. The number of furan rings is 1. The molecule has 0 fully saturated rings. The molecule has 144 valence electrons. The van der Waals surface area contributed by atoms with Crippen LogP contribution in [0.5, 0.6) is 0 Å². The van der Waals surface area contributed by atoms with Crippen LogP contribution in [0.25, 0.3) is 0 Å². The number of carbonyl (C=O) groups is 1. The van der Waals surface area contributed by atoms with Crippen molar-refractivity contribution in [1.82, 2.24) is 0 Å². The highest BCUT2D eigenvalue weighted by molar-refractivity contribution is 5.70. The molecule has 26 heavy (non-hydrogen) atoms. The molecule has 0 saturated heterocycles. The number of aldehydes is 1. The number of hydrogen-bond donors (Lipinski definition) is 0. The lowest BCUT2D eigenvalue weighted by atomic mass is 9.68. The minimum absolute atomic E-state index is 0.0861. The fourth-order valence-electron chi connectivity index (χ4n) is 4.26. The van der Waals surface area contributed by atoms with E-state index in [2.05, 4.69) is 47.6 Å². The molecule has 0 aliphatic heterocycles. The van der Waals surface area contributed by atoms with Gasteiger partial charge in [-0.3, -0.25) is 4.79 Å². The molecule has 1 aromatic heterocycles. The number of hydrogen-bond acceptors (Lipinski definition) is 2. The van der Waals surface area contributed by atoms with Crippen molar-refractivity contribution in [2.24, 2.45) is 5.41 Å². The van der Waals surface area contributed by atoms with Gasteiger partial charge in [0.05, 0.1) is 0 Å². The van der Waals surface area contributed by atoms with Crippen LogP contribution >= 0.6 is 0 Å². The van der Waals surface area contributed by atoms with Gasteiger partial charge in [0.15, 0.2) is 12.0 Å². The molecule has 0 amide bonds. The summed E-state index contributed by atoms with van der Waals surface area (Å²) in [5.41, 5.74) is 4.93. The Morgan fingerprint density at radius 3 is 2.27 bits per heavy atom. The summed E-state index contributed by atoms with van der Waals surface area (Å²) in [5, 5.41) is 0. The number of allylic oxidation sites excluding steroid dienone is 4. The number of rotatable bonds is 8. The van der Waals surface area contributed by atoms with Crippen molar-refractivity contribution >= 4 is 6.29 Å². The molecule has 0 aromatic carbocycles. The highest BCUT2D eigenvalue weighted by atomic mass is 16.3. The average molecular weight is 357 g/mol. The lowest BCUT2D eigenvalue weighted by Crippen LogP contribution is -2.28. The van der Waals surface area contributed by atoms with Gasteiger partial charge in [0.2, 0.25) is 0 Å². The fourth-order valence-corrected chi connectivity index (χ4v) is 4.26. The van der Waals surface area contributed by atoms with Crippen molar-refractivity contribution in [3.05, 3.63) is 46.4 Å². The molecular formula is C24H36O2. The van der Waals surface area contributed by atoms with Crippen LogP contribution < -0.4 is 0 Å². The monoisotopic (exact) mass is 356 g/mol. The third-order valence-corrected chi connectivity index (χ3v) is 6.09. The van der Waals surface area contributed by atoms with Crippen LogP contribution in [0.2, 0.25) is 0 Å². The van der Waals surface area contributed by atoms with Gasteiger partial charge in [-0.15, -0.1) is 0 Å². The standard InChI is InChI=1S/C24H36O2/c1-7-18-16-20(11-10-19(18)14-15-23(4,5)6)24(8-2,9-3)22-13-12-21(17-25)26-22/h12-13,16-17H,7-11,14-15H2,1-6H3. The molecular weight excluding hydrogens is 320 g/mol. The van der Waals surface area contributed by atoms with Crippen LogP contribution in [-0.4, -0.2) is 6.29 Å². The van der Waals surface area contributed by atoms with Gasteiger partial charge in [-0.25, -0.2) is 0 Å². The summed E-state index contributed by atoms with van der Waals surface area (Å²) >= 11 is 0. The average Bonchev–Trinajstić information content (AvgIpc) is 3.10. The lowest BCUT2D eigenvalue weighted by Gasteiger charge is -2.36. The van der Waals surface area contributed by atoms with Crippen LogP contribution in [0, 0.1) is 5.41 Å². The van der Waals surface area contributed by atoms with Crippen molar-refractivity contribution < 1.29 is 9.21 Å². The van der Waals surface area contributed by atoms with Crippen LogP contribution in [-0.2, 0) is 5.41 Å². The largest absolute Gasteiger partial charge is 0.457 e. The van der Waals surface area contributed by atoms with Gasteiger partial charge < -0.3 is 4.42 Å². The summed E-state index contributed by atoms with van der Waals surface area (Å²) in [6.45, 7) is 13.7. The quantitative estimate of drug-likeness (QED) is 0.454. The summed E-state index contributed by atoms with van der Waals surface area (Å²) in [4.78, 5) is 11.1. The predicted molar refractivity (Wildman–Crippen MR) is 110 cm³/mol. The zero-order valence-electron chi connectivity index (χ0n) is 17.6. The fraction of sp³-hybridized carbons (Fsp3) is 0.625. The Labute approximate surface area is 159 Å². The molecule has 0 atom stereocenters. The van der Waals surface area contributed by atoms with Gasteiger partial charge in [0, 0.05) is 5.41 Å². The van der Waals surface area contributed by atoms with E-state index in [1.165, 1.54) is 24.0 Å². The second-order valence-electron chi connectivity index (χ2n) is 8.82. The third-order valence-electron chi connectivity index (χ3n) is 6.09. The van der Waals surface area contributed by atoms with Crippen LogP contribution in [0.4, 0.5) is 0 Å². The zero-order chi connectivity index (χ0) is 19.4. The molecule has 2 heteroatoms. The Hall–Kier alpha value is -1.57. The molecule has 0 bridgehead atoms. The van der Waals surface area contributed by atoms with E-state index in [4.69, 9.17) is 4.42 Å².